The summed E-state index contributed by atoms with van der Waals surface area (Å²) in [6.07, 6.45) is 0. The molecule has 0 aliphatic carbocycles. The Morgan fingerprint density at radius 3 is 2.50 bits per heavy atom. The van der Waals surface area contributed by atoms with E-state index in [1.807, 2.05) is 13.0 Å². The summed E-state index contributed by atoms with van der Waals surface area (Å²) >= 11 is 5.88. The summed E-state index contributed by atoms with van der Waals surface area (Å²) < 4.78 is 10.7. The molecule has 0 heterocycles. The number of hydrogen-bond donors (Lipinski definition) is 1. The number of ketones is 1. The van der Waals surface area contributed by atoms with Crippen LogP contribution < -0.4 is 14.8 Å². The number of nitrogens with one attached hydrogen (secondary N) is 1. The minimum absolute atomic E-state index is 0.187. The molecule has 126 valence electrons. The molecule has 1 N–H and O–H groups in total. The monoisotopic (exact) mass is 347 g/mol. The molecule has 24 heavy (non-hydrogen) atoms. The van der Waals surface area contributed by atoms with E-state index in [4.69, 9.17) is 21.1 Å². The van der Waals surface area contributed by atoms with Gasteiger partial charge in [-0.25, -0.2) is 0 Å². The average molecular weight is 348 g/mol. The minimum Gasteiger partial charge on any atom is -0.495 e. The van der Waals surface area contributed by atoms with Gasteiger partial charge in [-0.2, -0.15) is 0 Å². The number of hydrogen-bond acceptors (Lipinski definition) is 4. The summed E-state index contributed by atoms with van der Waals surface area (Å²) in [5.41, 5.74) is 1.89. The van der Waals surface area contributed by atoms with Crippen molar-refractivity contribution in [1.82, 2.24) is 0 Å². The second-order valence-corrected chi connectivity index (χ2v) is 5.67. The maximum absolute atomic E-state index is 12.1. The van der Waals surface area contributed by atoms with E-state index in [2.05, 4.69) is 5.32 Å². The normalized spacial score (nSPS) is 10.2. The molecule has 0 aliphatic heterocycles. The Morgan fingerprint density at radius 1 is 1.12 bits per heavy atom. The molecule has 0 bridgehead atoms. The van der Waals surface area contributed by atoms with Crippen LogP contribution in [0.4, 0.5) is 5.69 Å². The molecule has 2 aromatic rings. The van der Waals surface area contributed by atoms with E-state index < -0.39 is 0 Å². The van der Waals surface area contributed by atoms with Crippen molar-refractivity contribution in [2.75, 3.05) is 19.0 Å². The molecule has 0 aromatic heterocycles. The summed E-state index contributed by atoms with van der Waals surface area (Å²) in [4.78, 5) is 23.7. The molecule has 0 atom stereocenters. The standard InChI is InChI=1S/C18H18ClNO4/c1-11-4-6-17(23-3)15(8-11)20-18(22)10-24-16-7-5-13(19)9-14(16)12(2)21/h4-9H,10H2,1-3H3,(H,20,22). The average Bonchev–Trinajstić information content (AvgIpc) is 2.53. The smallest absolute Gasteiger partial charge is 0.262 e. The highest BCUT2D eigenvalue weighted by atomic mass is 35.5. The predicted octanol–water partition coefficient (Wildman–Crippen LogP) is 3.88. The van der Waals surface area contributed by atoms with Crippen LogP contribution >= 0.6 is 11.6 Å². The van der Waals surface area contributed by atoms with Gasteiger partial charge < -0.3 is 14.8 Å². The second-order valence-electron chi connectivity index (χ2n) is 5.24. The Labute approximate surface area is 145 Å². The number of rotatable bonds is 6. The molecular formula is C18H18ClNO4. The van der Waals surface area contributed by atoms with Gasteiger partial charge in [0.15, 0.2) is 12.4 Å². The molecule has 1 amide bonds. The van der Waals surface area contributed by atoms with Crippen LogP contribution in [0.25, 0.3) is 0 Å². The van der Waals surface area contributed by atoms with Crippen molar-refractivity contribution in [1.29, 1.82) is 0 Å². The second kappa shape index (κ2) is 7.84. The first-order chi connectivity index (χ1) is 11.4. The number of anilines is 1. The first kappa shape index (κ1) is 17.8. The van der Waals surface area contributed by atoms with Crippen molar-refractivity contribution in [2.45, 2.75) is 13.8 Å². The third-order valence-electron chi connectivity index (χ3n) is 3.31. The van der Waals surface area contributed by atoms with E-state index in [1.54, 1.807) is 24.3 Å². The van der Waals surface area contributed by atoms with Gasteiger partial charge in [-0.15, -0.1) is 0 Å². The van der Waals surface area contributed by atoms with Crippen LogP contribution in [0.1, 0.15) is 22.8 Å². The molecule has 6 heteroatoms. The number of benzene rings is 2. The number of Topliss-reactive ketones (excluding diaryl/α,β-unsaturated/α-hetero) is 1. The van der Waals surface area contributed by atoms with Crippen molar-refractivity contribution in [2.24, 2.45) is 0 Å². The number of ether oxygens (including phenoxy) is 2. The fourth-order valence-corrected chi connectivity index (χ4v) is 2.32. The van der Waals surface area contributed by atoms with Gasteiger partial charge in [0.1, 0.15) is 11.5 Å². The number of carbonyl (C=O) groups excluding carboxylic acids is 2. The summed E-state index contributed by atoms with van der Waals surface area (Å²) in [6, 6.07) is 10.2. The Kier molecular flexibility index (Phi) is 5.82. The fourth-order valence-electron chi connectivity index (χ4n) is 2.15. The minimum atomic E-state index is -0.358. The lowest BCUT2D eigenvalue weighted by molar-refractivity contribution is -0.118. The number of halogens is 1. The number of methoxy groups -OCH3 is 1. The molecule has 2 aromatic carbocycles. The van der Waals surface area contributed by atoms with Gasteiger partial charge in [0, 0.05) is 5.02 Å². The van der Waals surface area contributed by atoms with Gasteiger partial charge in [-0.1, -0.05) is 17.7 Å². The lowest BCUT2D eigenvalue weighted by atomic mass is 10.1. The summed E-state index contributed by atoms with van der Waals surface area (Å²) in [7, 11) is 1.53. The van der Waals surface area contributed by atoms with Crippen molar-refractivity contribution in [3.63, 3.8) is 0 Å². The molecule has 0 saturated carbocycles. The van der Waals surface area contributed by atoms with E-state index in [1.165, 1.54) is 20.1 Å². The largest absolute Gasteiger partial charge is 0.495 e. The van der Waals surface area contributed by atoms with Gasteiger partial charge in [0.05, 0.1) is 18.4 Å². The zero-order valence-electron chi connectivity index (χ0n) is 13.7. The van der Waals surface area contributed by atoms with Gasteiger partial charge in [0.25, 0.3) is 5.91 Å². The lowest BCUT2D eigenvalue weighted by Crippen LogP contribution is -2.21. The van der Waals surface area contributed by atoms with Gasteiger partial charge >= 0.3 is 0 Å². The molecule has 0 saturated heterocycles. The van der Waals surface area contributed by atoms with Gasteiger partial charge in [-0.05, 0) is 49.7 Å². The van der Waals surface area contributed by atoms with Crippen molar-refractivity contribution < 1.29 is 19.1 Å². The van der Waals surface area contributed by atoms with E-state index in [9.17, 15) is 9.59 Å². The van der Waals surface area contributed by atoms with E-state index in [0.717, 1.165) is 5.56 Å². The quantitative estimate of drug-likeness (QED) is 0.805. The van der Waals surface area contributed by atoms with Gasteiger partial charge in [0.2, 0.25) is 0 Å². The molecule has 0 aliphatic rings. The molecule has 0 radical (unpaired) electrons. The van der Waals surface area contributed by atoms with Crippen LogP contribution in [0.3, 0.4) is 0 Å². The number of amides is 1. The predicted molar refractivity (Wildman–Crippen MR) is 93.3 cm³/mol. The topological polar surface area (TPSA) is 64.6 Å². The highest BCUT2D eigenvalue weighted by Crippen LogP contribution is 2.26. The highest BCUT2D eigenvalue weighted by molar-refractivity contribution is 6.31. The Balaban J connectivity index is 2.07. The maximum Gasteiger partial charge on any atom is 0.262 e. The zero-order valence-corrected chi connectivity index (χ0v) is 14.4. The summed E-state index contributed by atoms with van der Waals surface area (Å²) in [5.74, 6) is 0.333. The molecule has 0 fully saturated rings. The van der Waals surface area contributed by atoms with Crippen molar-refractivity contribution >= 4 is 29.0 Å². The molecule has 5 nitrogen and oxygen atoms in total. The summed E-state index contributed by atoms with van der Waals surface area (Å²) in [6.45, 7) is 3.09. The van der Waals surface area contributed by atoms with Crippen LogP contribution in [0.5, 0.6) is 11.5 Å². The highest BCUT2D eigenvalue weighted by Gasteiger charge is 2.12. The Hall–Kier alpha value is -2.53. The molecule has 2 rings (SSSR count). The summed E-state index contributed by atoms with van der Waals surface area (Å²) in [5, 5.41) is 3.16. The van der Waals surface area contributed by atoms with Crippen LogP contribution in [0, 0.1) is 6.92 Å². The lowest BCUT2D eigenvalue weighted by Gasteiger charge is -2.13. The third-order valence-corrected chi connectivity index (χ3v) is 3.54. The van der Waals surface area contributed by atoms with Gasteiger partial charge in [-0.3, -0.25) is 9.59 Å². The molecule has 0 spiro atoms. The maximum atomic E-state index is 12.1. The van der Waals surface area contributed by atoms with E-state index in [-0.39, 0.29) is 18.3 Å². The first-order valence-corrected chi connectivity index (χ1v) is 7.66. The van der Waals surface area contributed by atoms with Crippen LogP contribution in [-0.2, 0) is 4.79 Å². The fraction of sp³-hybridized carbons (Fsp3) is 0.222. The molecule has 0 unspecified atom stereocenters. The van der Waals surface area contributed by atoms with Crippen molar-refractivity contribution in [3.8, 4) is 11.5 Å². The SMILES string of the molecule is COc1ccc(C)cc1NC(=O)COc1ccc(Cl)cc1C(C)=O. The van der Waals surface area contributed by atoms with E-state index >= 15 is 0 Å². The van der Waals surface area contributed by atoms with Crippen LogP contribution in [0.2, 0.25) is 5.02 Å². The third kappa shape index (κ3) is 4.49. The number of carbonyl (C=O) groups is 2. The first-order valence-electron chi connectivity index (χ1n) is 7.28. The Bertz CT molecular complexity index is 774. The molecular weight excluding hydrogens is 330 g/mol. The van der Waals surface area contributed by atoms with Crippen LogP contribution in [0.15, 0.2) is 36.4 Å². The zero-order chi connectivity index (χ0) is 17.7. The van der Waals surface area contributed by atoms with E-state index in [0.29, 0.717) is 27.8 Å². The van der Waals surface area contributed by atoms with Crippen molar-refractivity contribution in [3.05, 3.63) is 52.5 Å². The van der Waals surface area contributed by atoms with Crippen LogP contribution in [-0.4, -0.2) is 25.4 Å². The Morgan fingerprint density at radius 2 is 1.83 bits per heavy atom. The number of aryl methyl sites for hydroxylation is 1.